The molecule has 25 heavy (non-hydrogen) atoms. The van der Waals surface area contributed by atoms with E-state index >= 15 is 0 Å². The Labute approximate surface area is 174 Å². The summed E-state index contributed by atoms with van der Waals surface area (Å²) in [5, 5.41) is 3.01. The van der Waals surface area contributed by atoms with E-state index < -0.39 is 0 Å². The molecule has 0 saturated heterocycles. The van der Waals surface area contributed by atoms with Crippen LogP contribution < -0.4 is 0 Å². The number of fused-ring (bicyclic) bond motifs is 2. The number of hydrogen-bond acceptors (Lipinski definition) is 0. The van der Waals surface area contributed by atoms with E-state index in [4.69, 9.17) is 0 Å². The van der Waals surface area contributed by atoms with Crippen molar-refractivity contribution in [3.8, 4) is 0 Å². The molecule has 0 unspecified atom stereocenters. The van der Waals surface area contributed by atoms with Gasteiger partial charge in [-0.15, -0.1) is 0 Å². The molecule has 0 N–H and O–H groups in total. The zero-order chi connectivity index (χ0) is 19.0. The summed E-state index contributed by atoms with van der Waals surface area (Å²) in [6, 6.07) is 8.75. The first kappa shape index (κ1) is 22.8. The molecule has 0 radical (unpaired) electrons. The van der Waals surface area contributed by atoms with E-state index in [1.54, 1.807) is 25.4 Å². The summed E-state index contributed by atoms with van der Waals surface area (Å²) in [5.74, 6) is 0. The molecule has 0 saturated carbocycles. The van der Waals surface area contributed by atoms with Crippen molar-refractivity contribution in [2.24, 2.45) is 0 Å². The predicted molar refractivity (Wildman–Crippen MR) is 119 cm³/mol. The molecule has 0 amide bonds. The van der Waals surface area contributed by atoms with Crippen molar-refractivity contribution in [3.63, 3.8) is 0 Å². The van der Waals surface area contributed by atoms with Crippen molar-refractivity contribution in [1.29, 1.82) is 0 Å². The summed E-state index contributed by atoms with van der Waals surface area (Å²) in [7, 11) is 0. The summed E-state index contributed by atoms with van der Waals surface area (Å²) in [4.78, 5) is 0. The zero-order valence-corrected chi connectivity index (χ0v) is 21.6. The summed E-state index contributed by atoms with van der Waals surface area (Å²) in [5.41, 5.74) is 3.24. The Morgan fingerprint density at radius 3 is 1.64 bits per heavy atom. The van der Waals surface area contributed by atoms with Crippen molar-refractivity contribution >= 4 is 57.7 Å². The van der Waals surface area contributed by atoms with Gasteiger partial charge in [0.15, 0.2) is 0 Å². The van der Waals surface area contributed by atoms with Crippen LogP contribution in [0.2, 0.25) is 0 Å². The summed E-state index contributed by atoms with van der Waals surface area (Å²) in [6.07, 6.45) is 5.79. The number of aryl methyl sites for hydroxylation is 4. The van der Waals surface area contributed by atoms with Gasteiger partial charge in [-0.25, -0.2) is 0 Å². The third-order valence-electron chi connectivity index (χ3n) is 4.03. The number of hydrogen-bond donors (Lipinski definition) is 0. The predicted octanol–water partition coefficient (Wildman–Crippen LogP) is 6.50. The molecule has 2 aromatic heterocycles. The number of allylic oxidation sites excluding steroid dienone is 1. The van der Waals surface area contributed by atoms with E-state index in [2.05, 4.69) is 64.1 Å². The topological polar surface area (TPSA) is 0 Å². The maximum absolute atomic E-state index is 2.31. The second-order valence-corrected chi connectivity index (χ2v) is 13.6. The second kappa shape index (κ2) is 11.5. The second-order valence-electron chi connectivity index (χ2n) is 5.47. The summed E-state index contributed by atoms with van der Waals surface area (Å²) in [6.45, 7) is 17.2. The van der Waals surface area contributed by atoms with E-state index in [1.807, 2.05) is 27.7 Å². The maximum atomic E-state index is 2.31. The molecule has 0 bridgehead atoms. The van der Waals surface area contributed by atoms with E-state index in [9.17, 15) is 0 Å². The minimum atomic E-state index is 0.0483. The summed E-state index contributed by atoms with van der Waals surface area (Å²) >= 11 is 0.169. The van der Waals surface area contributed by atoms with Crippen molar-refractivity contribution in [2.75, 3.05) is 0 Å². The molecule has 1 aromatic carbocycles. The normalized spacial score (nSPS) is 10.9. The van der Waals surface area contributed by atoms with Crippen molar-refractivity contribution < 1.29 is 0 Å². The van der Waals surface area contributed by atoms with Crippen LogP contribution in [-0.4, -0.2) is 40.9 Å². The van der Waals surface area contributed by atoms with Crippen LogP contribution in [0.4, 0.5) is 0 Å². The molecule has 0 fully saturated rings. The van der Waals surface area contributed by atoms with E-state index in [1.165, 1.54) is 17.2 Å². The number of benzene rings is 1. The molecule has 1 aliphatic rings. The van der Waals surface area contributed by atoms with Gasteiger partial charge in [0.1, 0.15) is 0 Å². The van der Waals surface area contributed by atoms with Gasteiger partial charge in [-0.3, -0.25) is 0 Å². The SMILES string of the molecule is CC.CC.Cc1[te]c(C)c2c1C=CC2.Cc1[te]c(C)c2ccccc12. The first-order chi connectivity index (χ1) is 12.1. The Bertz CT molecular complexity index is 780. The van der Waals surface area contributed by atoms with Gasteiger partial charge >= 0.3 is 148 Å². The van der Waals surface area contributed by atoms with Gasteiger partial charge in [0.2, 0.25) is 0 Å². The molecule has 0 nitrogen and oxygen atoms in total. The van der Waals surface area contributed by atoms with Crippen LogP contribution in [0.15, 0.2) is 30.3 Å². The number of rotatable bonds is 0. The van der Waals surface area contributed by atoms with Crippen molar-refractivity contribution in [2.45, 2.75) is 61.8 Å². The van der Waals surface area contributed by atoms with Gasteiger partial charge in [0.25, 0.3) is 0 Å². The van der Waals surface area contributed by atoms with Gasteiger partial charge in [0.05, 0.1) is 0 Å². The van der Waals surface area contributed by atoms with Gasteiger partial charge in [-0.05, 0) is 0 Å². The average molecular weight is 564 g/mol. The molecular weight excluding hydrogens is 531 g/mol. The molecule has 0 spiro atoms. The Morgan fingerprint density at radius 1 is 0.680 bits per heavy atom. The van der Waals surface area contributed by atoms with Gasteiger partial charge in [-0.2, -0.15) is 0 Å². The molecule has 0 atom stereocenters. The monoisotopic (exact) mass is 568 g/mol. The van der Waals surface area contributed by atoms with Crippen LogP contribution >= 0.6 is 0 Å². The van der Waals surface area contributed by atoms with E-state index in [-0.39, 0.29) is 40.9 Å². The fourth-order valence-corrected chi connectivity index (χ4v) is 8.98. The Hall–Kier alpha value is -0.241. The van der Waals surface area contributed by atoms with Crippen LogP contribution in [0.5, 0.6) is 0 Å². The van der Waals surface area contributed by atoms with Crippen LogP contribution in [0, 0.1) is 27.7 Å². The molecule has 136 valence electrons. The average Bonchev–Trinajstić information content (AvgIpc) is 3.31. The molecule has 2 heteroatoms. The van der Waals surface area contributed by atoms with Crippen LogP contribution in [0.25, 0.3) is 16.8 Å². The molecular formula is C23H32Te2. The molecule has 0 aliphatic heterocycles. The van der Waals surface area contributed by atoms with Gasteiger partial charge in [0, 0.05) is 0 Å². The minimum absolute atomic E-state index is 0.0483. The fourth-order valence-electron chi connectivity index (χ4n) is 2.95. The summed E-state index contributed by atoms with van der Waals surface area (Å²) < 4.78 is 6.68. The van der Waals surface area contributed by atoms with Gasteiger partial charge < -0.3 is 0 Å². The zero-order valence-electron chi connectivity index (χ0n) is 17.0. The van der Waals surface area contributed by atoms with Crippen LogP contribution in [0.3, 0.4) is 0 Å². The van der Waals surface area contributed by atoms with Crippen LogP contribution in [0.1, 0.15) is 53.1 Å². The standard InChI is InChI=1S/C10H10Te.C9H10Te.2C2H6/c1-7-9-5-3-4-6-10(9)8(2)11-7;1-6-8-4-3-5-9(8)7(2)10-6;2*1-2/h3-6H,1-2H3;3-4H,5H2,1-2H3;2*1-2H3. The third-order valence-corrected chi connectivity index (χ3v) is 10.1. The molecule has 1 aliphatic carbocycles. The fraction of sp³-hybridized carbons (Fsp3) is 0.391. The quantitative estimate of drug-likeness (QED) is 0.274. The van der Waals surface area contributed by atoms with Crippen molar-refractivity contribution in [1.82, 2.24) is 0 Å². The molecule has 2 heterocycles. The van der Waals surface area contributed by atoms with E-state index in [0.717, 1.165) is 0 Å². The molecule has 3 aromatic rings. The molecule has 4 rings (SSSR count). The van der Waals surface area contributed by atoms with Crippen molar-refractivity contribution in [3.05, 3.63) is 55.8 Å². The van der Waals surface area contributed by atoms with E-state index in [0.29, 0.717) is 0 Å². The Morgan fingerprint density at radius 2 is 1.16 bits per heavy atom. The first-order valence-electron chi connectivity index (χ1n) is 9.28. The van der Waals surface area contributed by atoms with Gasteiger partial charge in [-0.1, -0.05) is 27.7 Å². The Balaban J connectivity index is 0.000000210. The third kappa shape index (κ3) is 5.62. The Kier molecular flexibility index (Phi) is 10.5. The first-order valence-corrected chi connectivity index (χ1v) is 13.9. The van der Waals surface area contributed by atoms with Crippen LogP contribution in [-0.2, 0) is 6.42 Å².